The Morgan fingerprint density at radius 1 is 1.36 bits per heavy atom. The van der Waals surface area contributed by atoms with E-state index < -0.39 is 10.8 Å². The molecule has 2 rings (SSSR count). The average Bonchev–Trinajstić information content (AvgIpc) is 2.94. The van der Waals surface area contributed by atoms with Crippen molar-refractivity contribution in [1.29, 1.82) is 0 Å². The smallest absolute Gasteiger partial charge is 0.293 e. The van der Waals surface area contributed by atoms with Crippen LogP contribution in [-0.4, -0.2) is 29.8 Å². The third kappa shape index (κ3) is 3.00. The summed E-state index contributed by atoms with van der Waals surface area (Å²) in [6.07, 6.45) is 2.23. The van der Waals surface area contributed by atoms with Crippen LogP contribution in [0.4, 0.5) is 11.4 Å². The molecule has 0 bridgehead atoms. The lowest BCUT2D eigenvalue weighted by molar-refractivity contribution is -0.384. The van der Waals surface area contributed by atoms with Crippen molar-refractivity contribution in [3.05, 3.63) is 33.9 Å². The molecule has 8 heteroatoms. The zero-order valence-electron chi connectivity index (χ0n) is 12.2. The number of nitrogens with one attached hydrogen (secondary N) is 2. The van der Waals surface area contributed by atoms with Crippen LogP contribution in [0.5, 0.6) is 0 Å². The molecule has 2 amide bonds. The van der Waals surface area contributed by atoms with E-state index in [1.165, 1.54) is 18.2 Å². The predicted molar refractivity (Wildman–Crippen MR) is 80.4 cm³/mol. The summed E-state index contributed by atoms with van der Waals surface area (Å²) in [5.74, 6) is -1.15. The fourth-order valence-corrected chi connectivity index (χ4v) is 2.87. The van der Waals surface area contributed by atoms with E-state index in [1.54, 1.807) is 7.05 Å². The van der Waals surface area contributed by atoms with Crippen LogP contribution in [0.25, 0.3) is 0 Å². The second kappa shape index (κ2) is 6.42. The quantitative estimate of drug-likeness (QED) is 0.553. The number of hydrogen-bond acceptors (Lipinski definition) is 5. The maximum Gasteiger partial charge on any atom is 0.293 e. The summed E-state index contributed by atoms with van der Waals surface area (Å²) < 4.78 is 0. The second-order valence-electron chi connectivity index (χ2n) is 5.22. The molecular weight excluding hydrogens is 288 g/mol. The Balaban J connectivity index is 2.37. The van der Waals surface area contributed by atoms with Gasteiger partial charge in [-0.3, -0.25) is 19.7 Å². The molecule has 0 radical (unpaired) electrons. The fraction of sp³-hybridized carbons (Fsp3) is 0.429. The van der Waals surface area contributed by atoms with Gasteiger partial charge in [-0.25, -0.2) is 0 Å². The molecule has 22 heavy (non-hydrogen) atoms. The molecule has 0 aliphatic heterocycles. The number of nitrogens with zero attached hydrogens (tertiary/aromatic N) is 1. The van der Waals surface area contributed by atoms with Gasteiger partial charge in [0.25, 0.3) is 11.6 Å². The summed E-state index contributed by atoms with van der Waals surface area (Å²) in [6.45, 7) is 0. The molecule has 4 N–H and O–H groups in total. The van der Waals surface area contributed by atoms with Gasteiger partial charge < -0.3 is 16.4 Å². The maximum atomic E-state index is 11.9. The number of benzene rings is 1. The number of nitrogens with two attached hydrogens (primary N) is 1. The van der Waals surface area contributed by atoms with Crippen LogP contribution in [0.2, 0.25) is 0 Å². The van der Waals surface area contributed by atoms with E-state index in [-0.39, 0.29) is 34.8 Å². The monoisotopic (exact) mass is 306 g/mol. The van der Waals surface area contributed by atoms with Gasteiger partial charge in [-0.1, -0.05) is 12.5 Å². The fourth-order valence-electron chi connectivity index (χ4n) is 2.87. The van der Waals surface area contributed by atoms with E-state index in [0.717, 1.165) is 6.42 Å². The molecule has 1 fully saturated rings. The van der Waals surface area contributed by atoms with Crippen molar-refractivity contribution >= 4 is 23.2 Å². The zero-order valence-corrected chi connectivity index (χ0v) is 12.2. The number of rotatable bonds is 5. The lowest BCUT2D eigenvalue weighted by atomic mass is 10.0. The van der Waals surface area contributed by atoms with Gasteiger partial charge in [-0.2, -0.15) is 0 Å². The number of amides is 2. The molecule has 1 aliphatic rings. The number of para-hydroxylation sites is 1. The Morgan fingerprint density at radius 3 is 2.68 bits per heavy atom. The van der Waals surface area contributed by atoms with Gasteiger partial charge >= 0.3 is 0 Å². The Morgan fingerprint density at radius 2 is 2.09 bits per heavy atom. The van der Waals surface area contributed by atoms with Crippen LogP contribution in [0.15, 0.2) is 18.2 Å². The highest BCUT2D eigenvalue weighted by atomic mass is 16.6. The Labute approximate surface area is 127 Å². The standard InChI is InChI=1S/C14H18N4O4/c1-16-14(20)8-4-2-6-10(8)17-12-9(13(15)19)5-3-7-11(12)18(21)22/h3,5,7-8,10,17H,2,4,6H2,1H3,(H2,15,19)(H,16,20)/t8-,10-/m0/s1. The summed E-state index contributed by atoms with van der Waals surface area (Å²) in [4.78, 5) is 34.0. The Kier molecular flexibility index (Phi) is 4.59. The van der Waals surface area contributed by atoms with Crippen LogP contribution in [0.1, 0.15) is 29.6 Å². The third-order valence-electron chi connectivity index (χ3n) is 3.93. The first-order chi connectivity index (χ1) is 10.5. The summed E-state index contributed by atoms with van der Waals surface area (Å²) in [6, 6.07) is 3.88. The van der Waals surface area contributed by atoms with Crippen molar-refractivity contribution in [3.63, 3.8) is 0 Å². The molecule has 0 saturated heterocycles. The summed E-state index contributed by atoms with van der Waals surface area (Å²) in [7, 11) is 1.55. The molecule has 0 unspecified atom stereocenters. The molecule has 1 aromatic rings. The number of nitro groups is 1. The average molecular weight is 306 g/mol. The van der Waals surface area contributed by atoms with Gasteiger partial charge in [-0.15, -0.1) is 0 Å². The van der Waals surface area contributed by atoms with Gasteiger partial charge in [0.05, 0.1) is 16.4 Å². The van der Waals surface area contributed by atoms with E-state index in [1.807, 2.05) is 0 Å². The molecule has 1 saturated carbocycles. The second-order valence-corrected chi connectivity index (χ2v) is 5.22. The third-order valence-corrected chi connectivity index (χ3v) is 3.93. The van der Waals surface area contributed by atoms with Crippen LogP contribution in [-0.2, 0) is 4.79 Å². The van der Waals surface area contributed by atoms with Crippen LogP contribution in [0.3, 0.4) is 0 Å². The van der Waals surface area contributed by atoms with Gasteiger partial charge in [-0.05, 0) is 18.9 Å². The molecule has 2 atom stereocenters. The first kappa shape index (κ1) is 15.7. The van der Waals surface area contributed by atoms with Crippen molar-refractivity contribution in [3.8, 4) is 0 Å². The summed E-state index contributed by atoms with van der Waals surface area (Å²) >= 11 is 0. The van der Waals surface area contributed by atoms with Crippen molar-refractivity contribution < 1.29 is 14.5 Å². The van der Waals surface area contributed by atoms with Gasteiger partial charge in [0, 0.05) is 19.2 Å². The van der Waals surface area contributed by atoms with E-state index in [2.05, 4.69) is 10.6 Å². The van der Waals surface area contributed by atoms with Gasteiger partial charge in [0.1, 0.15) is 5.69 Å². The topological polar surface area (TPSA) is 127 Å². The SMILES string of the molecule is CNC(=O)[C@H]1CCC[C@@H]1Nc1c(C(N)=O)cccc1[N+](=O)[O-]. The predicted octanol–water partition coefficient (Wildman–Crippen LogP) is 1.02. The highest BCUT2D eigenvalue weighted by Crippen LogP contribution is 2.34. The normalized spacial score (nSPS) is 20.4. The number of primary amides is 1. The van der Waals surface area contributed by atoms with Crippen LogP contribution < -0.4 is 16.4 Å². The number of carbonyl (C=O) groups is 2. The van der Waals surface area contributed by atoms with Crippen molar-refractivity contribution in [1.82, 2.24) is 5.32 Å². The van der Waals surface area contributed by atoms with E-state index >= 15 is 0 Å². The number of carbonyl (C=O) groups excluding carboxylic acids is 2. The van der Waals surface area contributed by atoms with Crippen LogP contribution in [0, 0.1) is 16.0 Å². The molecule has 0 aromatic heterocycles. The van der Waals surface area contributed by atoms with E-state index in [0.29, 0.717) is 12.8 Å². The molecule has 0 spiro atoms. The Bertz CT molecular complexity index is 585. The summed E-state index contributed by atoms with van der Waals surface area (Å²) in [5, 5.41) is 16.8. The number of anilines is 1. The minimum atomic E-state index is -0.749. The molecule has 1 aromatic carbocycles. The van der Waals surface area contributed by atoms with Gasteiger partial charge in [0.15, 0.2) is 0 Å². The van der Waals surface area contributed by atoms with Crippen molar-refractivity contribution in [2.75, 3.05) is 12.4 Å². The van der Waals surface area contributed by atoms with E-state index in [4.69, 9.17) is 5.73 Å². The highest BCUT2D eigenvalue weighted by molar-refractivity contribution is 6.00. The molecule has 0 heterocycles. The molecule has 118 valence electrons. The van der Waals surface area contributed by atoms with Crippen LogP contribution >= 0.6 is 0 Å². The minimum absolute atomic E-state index is 0.0526. The van der Waals surface area contributed by atoms with Crippen molar-refractivity contribution in [2.24, 2.45) is 11.7 Å². The Hall–Kier alpha value is -2.64. The molecule has 8 nitrogen and oxygen atoms in total. The van der Waals surface area contributed by atoms with Crippen molar-refractivity contribution in [2.45, 2.75) is 25.3 Å². The lowest BCUT2D eigenvalue weighted by Gasteiger charge is -2.21. The zero-order chi connectivity index (χ0) is 16.3. The number of nitro benzene ring substituents is 1. The number of hydrogen-bond donors (Lipinski definition) is 3. The lowest BCUT2D eigenvalue weighted by Crippen LogP contribution is -2.36. The molecular formula is C14H18N4O4. The largest absolute Gasteiger partial charge is 0.375 e. The summed E-state index contributed by atoms with van der Waals surface area (Å²) in [5.41, 5.74) is 5.21. The van der Waals surface area contributed by atoms with E-state index in [9.17, 15) is 19.7 Å². The van der Waals surface area contributed by atoms with Gasteiger partial charge in [0.2, 0.25) is 5.91 Å². The minimum Gasteiger partial charge on any atom is -0.375 e. The highest BCUT2D eigenvalue weighted by Gasteiger charge is 2.34. The molecule has 1 aliphatic carbocycles. The first-order valence-electron chi connectivity index (χ1n) is 7.01. The first-order valence-corrected chi connectivity index (χ1v) is 7.01. The maximum absolute atomic E-state index is 11.9.